The second kappa shape index (κ2) is 7.76. The highest BCUT2D eigenvalue weighted by Gasteiger charge is 2.21. The SMILES string of the molecule is COc1cccc(NC(=O)CN(C)C(=O)c2sc3ccccc3c2Cl)c1. The molecule has 0 aliphatic heterocycles. The molecule has 0 saturated heterocycles. The Morgan fingerprint density at radius 2 is 1.96 bits per heavy atom. The van der Waals surface area contributed by atoms with Gasteiger partial charge in [0.15, 0.2) is 0 Å². The van der Waals surface area contributed by atoms with Gasteiger partial charge in [0.05, 0.1) is 18.7 Å². The zero-order chi connectivity index (χ0) is 18.7. The number of hydrogen-bond donors (Lipinski definition) is 1. The van der Waals surface area contributed by atoms with Gasteiger partial charge in [-0.15, -0.1) is 11.3 Å². The molecule has 1 heterocycles. The van der Waals surface area contributed by atoms with Crippen molar-refractivity contribution in [2.75, 3.05) is 26.0 Å². The minimum absolute atomic E-state index is 0.0827. The molecule has 3 aromatic rings. The monoisotopic (exact) mass is 388 g/mol. The van der Waals surface area contributed by atoms with E-state index in [1.54, 1.807) is 38.4 Å². The van der Waals surface area contributed by atoms with Crippen molar-refractivity contribution in [3.8, 4) is 5.75 Å². The average molecular weight is 389 g/mol. The van der Waals surface area contributed by atoms with Crippen LogP contribution in [0.2, 0.25) is 5.02 Å². The first-order valence-corrected chi connectivity index (χ1v) is 9.05. The van der Waals surface area contributed by atoms with Gasteiger partial charge in [0.25, 0.3) is 5.91 Å². The maximum absolute atomic E-state index is 12.7. The van der Waals surface area contributed by atoms with Crippen molar-refractivity contribution in [1.82, 2.24) is 4.90 Å². The van der Waals surface area contributed by atoms with Crippen LogP contribution in [0.5, 0.6) is 5.75 Å². The fraction of sp³-hybridized carbons (Fsp3) is 0.158. The fourth-order valence-electron chi connectivity index (χ4n) is 2.51. The van der Waals surface area contributed by atoms with Crippen LogP contribution in [0.15, 0.2) is 48.5 Å². The van der Waals surface area contributed by atoms with Crippen LogP contribution < -0.4 is 10.1 Å². The van der Waals surface area contributed by atoms with E-state index in [1.807, 2.05) is 24.3 Å². The molecule has 2 amide bonds. The Morgan fingerprint density at radius 1 is 1.19 bits per heavy atom. The molecule has 0 saturated carbocycles. The number of rotatable bonds is 5. The van der Waals surface area contributed by atoms with Gasteiger partial charge in [-0.2, -0.15) is 0 Å². The summed E-state index contributed by atoms with van der Waals surface area (Å²) in [5, 5.41) is 4.02. The number of anilines is 1. The van der Waals surface area contributed by atoms with E-state index in [1.165, 1.54) is 16.2 Å². The van der Waals surface area contributed by atoms with Gasteiger partial charge in [-0.1, -0.05) is 35.9 Å². The molecule has 3 rings (SSSR count). The normalized spacial score (nSPS) is 10.6. The largest absolute Gasteiger partial charge is 0.497 e. The molecule has 0 spiro atoms. The molecular weight excluding hydrogens is 372 g/mol. The van der Waals surface area contributed by atoms with E-state index in [9.17, 15) is 9.59 Å². The van der Waals surface area contributed by atoms with E-state index in [0.717, 1.165) is 10.1 Å². The van der Waals surface area contributed by atoms with Crippen molar-refractivity contribution in [3.05, 3.63) is 58.4 Å². The first-order chi connectivity index (χ1) is 12.5. The van der Waals surface area contributed by atoms with Crippen LogP contribution in [0.1, 0.15) is 9.67 Å². The van der Waals surface area contributed by atoms with Crippen LogP contribution in [0.3, 0.4) is 0 Å². The van der Waals surface area contributed by atoms with E-state index < -0.39 is 0 Å². The van der Waals surface area contributed by atoms with Crippen molar-refractivity contribution in [3.63, 3.8) is 0 Å². The Labute approximate surface area is 160 Å². The van der Waals surface area contributed by atoms with Crippen LogP contribution in [-0.2, 0) is 4.79 Å². The molecule has 0 unspecified atom stereocenters. The lowest BCUT2D eigenvalue weighted by atomic mass is 10.2. The number of carbonyl (C=O) groups is 2. The first-order valence-electron chi connectivity index (χ1n) is 7.86. The van der Waals surface area contributed by atoms with Gasteiger partial charge in [-0.3, -0.25) is 9.59 Å². The molecule has 0 radical (unpaired) electrons. The molecule has 0 aliphatic rings. The van der Waals surface area contributed by atoms with E-state index in [-0.39, 0.29) is 18.4 Å². The predicted octanol–water partition coefficient (Wildman–Crippen LogP) is 4.27. The number of benzene rings is 2. The number of carbonyl (C=O) groups excluding carboxylic acids is 2. The molecule has 0 fully saturated rings. The van der Waals surface area contributed by atoms with E-state index in [0.29, 0.717) is 21.3 Å². The first kappa shape index (κ1) is 18.2. The molecule has 0 bridgehead atoms. The molecule has 5 nitrogen and oxygen atoms in total. The Morgan fingerprint density at radius 3 is 2.69 bits per heavy atom. The van der Waals surface area contributed by atoms with Gasteiger partial charge in [0.2, 0.25) is 5.91 Å². The number of methoxy groups -OCH3 is 1. The summed E-state index contributed by atoms with van der Waals surface area (Å²) >= 11 is 7.67. The molecule has 134 valence electrons. The summed E-state index contributed by atoms with van der Waals surface area (Å²) < 4.78 is 6.07. The Kier molecular flexibility index (Phi) is 5.44. The van der Waals surface area contributed by atoms with E-state index >= 15 is 0 Å². The third kappa shape index (κ3) is 3.81. The van der Waals surface area contributed by atoms with Crippen molar-refractivity contribution in [2.45, 2.75) is 0 Å². The predicted molar refractivity (Wildman–Crippen MR) is 105 cm³/mol. The van der Waals surface area contributed by atoms with Crippen molar-refractivity contribution in [2.24, 2.45) is 0 Å². The van der Waals surface area contributed by atoms with Gasteiger partial charge < -0.3 is 15.0 Å². The minimum atomic E-state index is -0.300. The number of amides is 2. The number of thiophene rings is 1. The van der Waals surface area contributed by atoms with Crippen molar-refractivity contribution in [1.29, 1.82) is 0 Å². The fourth-order valence-corrected chi connectivity index (χ4v) is 4.02. The van der Waals surface area contributed by atoms with Crippen LogP contribution in [-0.4, -0.2) is 37.4 Å². The summed E-state index contributed by atoms with van der Waals surface area (Å²) in [6.45, 7) is -0.0827. The quantitative estimate of drug-likeness (QED) is 0.709. The second-order valence-corrected chi connectivity index (χ2v) is 7.11. The van der Waals surface area contributed by atoms with E-state index in [2.05, 4.69) is 5.32 Å². The highest BCUT2D eigenvalue weighted by Crippen LogP contribution is 2.35. The maximum atomic E-state index is 12.7. The standard InChI is InChI=1S/C19H17ClN2O3S/c1-22(11-16(23)21-12-6-5-7-13(10-12)25-2)19(24)18-17(20)14-8-3-4-9-15(14)26-18/h3-10H,11H2,1-2H3,(H,21,23). The van der Waals surface area contributed by atoms with Crippen molar-refractivity contribution >= 4 is 50.5 Å². The summed E-state index contributed by atoms with van der Waals surface area (Å²) in [4.78, 5) is 26.7. The Bertz CT molecular complexity index is 970. The number of hydrogen-bond acceptors (Lipinski definition) is 4. The lowest BCUT2D eigenvalue weighted by Gasteiger charge is -2.16. The summed E-state index contributed by atoms with van der Waals surface area (Å²) in [7, 11) is 3.14. The van der Waals surface area contributed by atoms with Gasteiger partial charge in [-0.05, 0) is 18.2 Å². The van der Waals surface area contributed by atoms with Gasteiger partial charge >= 0.3 is 0 Å². The molecule has 2 aromatic carbocycles. The number of ether oxygens (including phenoxy) is 1. The minimum Gasteiger partial charge on any atom is -0.497 e. The summed E-state index contributed by atoms with van der Waals surface area (Å²) in [6.07, 6.45) is 0. The molecule has 0 aliphatic carbocycles. The molecule has 1 aromatic heterocycles. The number of nitrogens with zero attached hydrogens (tertiary/aromatic N) is 1. The van der Waals surface area contributed by atoms with Crippen LogP contribution >= 0.6 is 22.9 Å². The Hall–Kier alpha value is -2.57. The Balaban J connectivity index is 1.70. The zero-order valence-corrected chi connectivity index (χ0v) is 15.9. The lowest BCUT2D eigenvalue weighted by Crippen LogP contribution is -2.34. The lowest BCUT2D eigenvalue weighted by molar-refractivity contribution is -0.116. The number of likely N-dealkylation sites (N-methyl/N-ethyl adjacent to an activating group) is 1. The molecule has 1 N–H and O–H groups in total. The third-order valence-corrected chi connectivity index (χ3v) is 5.47. The maximum Gasteiger partial charge on any atom is 0.265 e. The smallest absolute Gasteiger partial charge is 0.265 e. The average Bonchev–Trinajstić information content (AvgIpc) is 2.98. The molecular formula is C19H17ClN2O3S. The molecule has 7 heteroatoms. The van der Waals surface area contributed by atoms with Crippen LogP contribution in [0.25, 0.3) is 10.1 Å². The van der Waals surface area contributed by atoms with Gasteiger partial charge in [-0.25, -0.2) is 0 Å². The van der Waals surface area contributed by atoms with Crippen molar-refractivity contribution < 1.29 is 14.3 Å². The summed E-state index contributed by atoms with van der Waals surface area (Å²) in [5.41, 5.74) is 0.607. The zero-order valence-electron chi connectivity index (χ0n) is 14.3. The number of fused-ring (bicyclic) bond motifs is 1. The number of nitrogens with one attached hydrogen (secondary N) is 1. The number of halogens is 1. The highest BCUT2D eigenvalue weighted by atomic mass is 35.5. The van der Waals surface area contributed by atoms with Gasteiger partial charge in [0, 0.05) is 28.9 Å². The van der Waals surface area contributed by atoms with Crippen LogP contribution in [0, 0.1) is 0 Å². The van der Waals surface area contributed by atoms with Crippen LogP contribution in [0.4, 0.5) is 5.69 Å². The summed E-state index contributed by atoms with van der Waals surface area (Å²) in [6, 6.07) is 14.6. The summed E-state index contributed by atoms with van der Waals surface area (Å²) in [5.74, 6) is 0.0626. The second-order valence-electron chi connectivity index (χ2n) is 5.68. The van der Waals surface area contributed by atoms with Gasteiger partial charge in [0.1, 0.15) is 10.6 Å². The molecule has 0 atom stereocenters. The topological polar surface area (TPSA) is 58.6 Å². The van der Waals surface area contributed by atoms with E-state index in [4.69, 9.17) is 16.3 Å². The third-order valence-electron chi connectivity index (χ3n) is 3.81. The molecule has 26 heavy (non-hydrogen) atoms. The highest BCUT2D eigenvalue weighted by molar-refractivity contribution is 7.21.